The summed E-state index contributed by atoms with van der Waals surface area (Å²) < 4.78 is 36.8. The first-order valence-electron chi connectivity index (χ1n) is 6.60. The van der Waals surface area contributed by atoms with Gasteiger partial charge in [0.1, 0.15) is 17.1 Å². The SMILES string of the molecule is CC(C)(C)Oc1ccc(OC2CC2)cc1NS(C)(=O)=O. The molecule has 0 aliphatic heterocycles. The molecule has 0 heterocycles. The average molecular weight is 299 g/mol. The van der Waals surface area contributed by atoms with Crippen LogP contribution >= 0.6 is 0 Å². The Labute approximate surface area is 120 Å². The second kappa shape index (κ2) is 5.16. The lowest BCUT2D eigenvalue weighted by Crippen LogP contribution is -2.24. The zero-order valence-corrected chi connectivity index (χ0v) is 13.1. The third kappa shape index (κ3) is 4.92. The number of rotatable bonds is 5. The van der Waals surface area contributed by atoms with Crippen molar-refractivity contribution in [2.75, 3.05) is 11.0 Å². The Morgan fingerprint density at radius 3 is 2.40 bits per heavy atom. The van der Waals surface area contributed by atoms with Gasteiger partial charge in [0.05, 0.1) is 18.0 Å². The molecular formula is C14H21NO4S. The van der Waals surface area contributed by atoms with Crippen LogP contribution in [0.4, 0.5) is 5.69 Å². The summed E-state index contributed by atoms with van der Waals surface area (Å²) in [5.41, 5.74) is -0.00661. The van der Waals surface area contributed by atoms with E-state index in [2.05, 4.69) is 4.72 Å². The summed E-state index contributed by atoms with van der Waals surface area (Å²) in [4.78, 5) is 0. The number of anilines is 1. The fraction of sp³-hybridized carbons (Fsp3) is 0.571. The molecule has 1 N–H and O–H groups in total. The summed E-state index contributed by atoms with van der Waals surface area (Å²) in [6.07, 6.45) is 3.47. The monoisotopic (exact) mass is 299 g/mol. The summed E-state index contributed by atoms with van der Waals surface area (Å²) in [5, 5.41) is 0. The fourth-order valence-corrected chi connectivity index (χ4v) is 2.22. The van der Waals surface area contributed by atoms with Crippen LogP contribution in [0.15, 0.2) is 18.2 Å². The van der Waals surface area contributed by atoms with E-state index in [1.165, 1.54) is 0 Å². The van der Waals surface area contributed by atoms with Gasteiger partial charge in [0.15, 0.2) is 0 Å². The Morgan fingerprint density at radius 1 is 1.25 bits per heavy atom. The molecule has 0 atom stereocenters. The van der Waals surface area contributed by atoms with E-state index >= 15 is 0 Å². The van der Waals surface area contributed by atoms with Crippen molar-refractivity contribution < 1.29 is 17.9 Å². The van der Waals surface area contributed by atoms with E-state index in [1.807, 2.05) is 20.8 Å². The standard InChI is InChI=1S/C14H21NO4S/c1-14(2,3)19-13-8-7-11(18-10-5-6-10)9-12(13)15-20(4,16)17/h7-10,15H,5-6H2,1-4H3. The van der Waals surface area contributed by atoms with Crippen LogP contribution in [-0.2, 0) is 10.0 Å². The normalized spacial score (nSPS) is 15.8. The van der Waals surface area contributed by atoms with Crippen LogP contribution in [0, 0.1) is 0 Å². The van der Waals surface area contributed by atoms with E-state index in [4.69, 9.17) is 9.47 Å². The zero-order chi connectivity index (χ0) is 15.0. The third-order valence-electron chi connectivity index (χ3n) is 2.49. The van der Waals surface area contributed by atoms with E-state index in [0.29, 0.717) is 17.2 Å². The molecular weight excluding hydrogens is 278 g/mol. The number of hydrogen-bond donors (Lipinski definition) is 1. The van der Waals surface area contributed by atoms with Crippen molar-refractivity contribution in [3.8, 4) is 11.5 Å². The molecule has 5 nitrogen and oxygen atoms in total. The maximum absolute atomic E-state index is 11.5. The number of sulfonamides is 1. The summed E-state index contributed by atoms with van der Waals surface area (Å²) in [5.74, 6) is 1.14. The van der Waals surface area contributed by atoms with Crippen molar-refractivity contribution >= 4 is 15.7 Å². The first kappa shape index (κ1) is 15.0. The Balaban J connectivity index is 2.28. The molecule has 1 aliphatic carbocycles. The highest BCUT2D eigenvalue weighted by molar-refractivity contribution is 7.92. The largest absolute Gasteiger partial charge is 0.490 e. The number of benzene rings is 1. The molecule has 6 heteroatoms. The quantitative estimate of drug-likeness (QED) is 0.908. The molecule has 0 amide bonds. The van der Waals surface area contributed by atoms with Crippen LogP contribution in [0.1, 0.15) is 33.6 Å². The predicted molar refractivity (Wildman–Crippen MR) is 78.9 cm³/mol. The van der Waals surface area contributed by atoms with Crippen LogP contribution in [0.5, 0.6) is 11.5 Å². The Bertz CT molecular complexity index is 586. The van der Waals surface area contributed by atoms with Crippen LogP contribution in [0.2, 0.25) is 0 Å². The molecule has 0 bridgehead atoms. The van der Waals surface area contributed by atoms with Gasteiger partial charge in [0, 0.05) is 6.07 Å². The molecule has 1 fully saturated rings. The third-order valence-corrected chi connectivity index (χ3v) is 3.08. The van der Waals surface area contributed by atoms with Crippen LogP contribution < -0.4 is 14.2 Å². The van der Waals surface area contributed by atoms with Crippen molar-refractivity contribution in [2.45, 2.75) is 45.3 Å². The molecule has 0 saturated heterocycles. The number of nitrogens with one attached hydrogen (secondary N) is 1. The van der Waals surface area contributed by atoms with Crippen molar-refractivity contribution in [3.05, 3.63) is 18.2 Å². The molecule has 112 valence electrons. The van der Waals surface area contributed by atoms with Gasteiger partial charge in [0.25, 0.3) is 0 Å². The molecule has 1 aliphatic rings. The van der Waals surface area contributed by atoms with Gasteiger partial charge in [-0.25, -0.2) is 8.42 Å². The Kier molecular flexibility index (Phi) is 3.86. The molecule has 0 aromatic heterocycles. The molecule has 2 rings (SSSR count). The smallest absolute Gasteiger partial charge is 0.229 e. The lowest BCUT2D eigenvalue weighted by molar-refractivity contribution is 0.132. The van der Waals surface area contributed by atoms with Gasteiger partial charge in [-0.15, -0.1) is 0 Å². The second-order valence-corrected chi connectivity index (χ2v) is 7.81. The summed E-state index contributed by atoms with van der Waals surface area (Å²) in [6, 6.07) is 5.20. The number of hydrogen-bond acceptors (Lipinski definition) is 4. The van der Waals surface area contributed by atoms with Crippen molar-refractivity contribution in [2.24, 2.45) is 0 Å². The van der Waals surface area contributed by atoms with Gasteiger partial charge in [-0.3, -0.25) is 4.72 Å². The van der Waals surface area contributed by atoms with Crippen molar-refractivity contribution in [1.82, 2.24) is 0 Å². The van der Waals surface area contributed by atoms with Gasteiger partial charge < -0.3 is 9.47 Å². The second-order valence-electron chi connectivity index (χ2n) is 6.06. The van der Waals surface area contributed by atoms with Crippen LogP contribution in [-0.4, -0.2) is 26.4 Å². The van der Waals surface area contributed by atoms with Gasteiger partial charge in [0.2, 0.25) is 10.0 Å². The molecule has 1 aromatic carbocycles. The highest BCUT2D eigenvalue weighted by atomic mass is 32.2. The Morgan fingerprint density at radius 2 is 1.90 bits per heavy atom. The van der Waals surface area contributed by atoms with E-state index in [1.54, 1.807) is 18.2 Å². The molecule has 20 heavy (non-hydrogen) atoms. The van der Waals surface area contributed by atoms with Gasteiger partial charge in [-0.1, -0.05) is 0 Å². The first-order chi connectivity index (χ1) is 9.12. The molecule has 0 unspecified atom stereocenters. The number of ether oxygens (including phenoxy) is 2. The maximum atomic E-state index is 11.5. The lowest BCUT2D eigenvalue weighted by atomic mass is 10.2. The maximum Gasteiger partial charge on any atom is 0.229 e. The Hall–Kier alpha value is -1.43. The first-order valence-corrected chi connectivity index (χ1v) is 8.49. The van der Waals surface area contributed by atoms with Crippen molar-refractivity contribution in [3.63, 3.8) is 0 Å². The van der Waals surface area contributed by atoms with Crippen molar-refractivity contribution in [1.29, 1.82) is 0 Å². The van der Waals surface area contributed by atoms with E-state index in [9.17, 15) is 8.42 Å². The van der Waals surface area contributed by atoms with E-state index in [-0.39, 0.29) is 6.10 Å². The molecule has 0 spiro atoms. The van der Waals surface area contributed by atoms with Gasteiger partial charge >= 0.3 is 0 Å². The molecule has 0 radical (unpaired) electrons. The summed E-state index contributed by atoms with van der Waals surface area (Å²) >= 11 is 0. The molecule has 1 aromatic rings. The average Bonchev–Trinajstić information content (AvgIpc) is 3.02. The summed E-state index contributed by atoms with van der Waals surface area (Å²) in [6.45, 7) is 5.73. The van der Waals surface area contributed by atoms with E-state index < -0.39 is 15.6 Å². The highest BCUT2D eigenvalue weighted by Crippen LogP contribution is 2.35. The minimum absolute atomic E-state index is 0.260. The van der Waals surface area contributed by atoms with E-state index in [0.717, 1.165) is 19.1 Å². The fourth-order valence-electron chi connectivity index (χ4n) is 1.66. The van der Waals surface area contributed by atoms with Crippen LogP contribution in [0.25, 0.3) is 0 Å². The van der Waals surface area contributed by atoms with Gasteiger partial charge in [-0.2, -0.15) is 0 Å². The van der Waals surface area contributed by atoms with Crippen LogP contribution in [0.3, 0.4) is 0 Å². The minimum atomic E-state index is -3.37. The predicted octanol–water partition coefficient (Wildman–Crippen LogP) is 2.78. The zero-order valence-electron chi connectivity index (χ0n) is 12.3. The lowest BCUT2D eigenvalue weighted by Gasteiger charge is -2.23. The van der Waals surface area contributed by atoms with Gasteiger partial charge in [-0.05, 0) is 45.7 Å². The minimum Gasteiger partial charge on any atom is -0.490 e. The highest BCUT2D eigenvalue weighted by Gasteiger charge is 2.24. The topological polar surface area (TPSA) is 64.6 Å². The summed E-state index contributed by atoms with van der Waals surface area (Å²) in [7, 11) is -3.37. The molecule has 1 saturated carbocycles.